The van der Waals surface area contributed by atoms with Crippen molar-refractivity contribution in [3.63, 3.8) is 0 Å². The van der Waals surface area contributed by atoms with Gasteiger partial charge in [-0.05, 0) is 50.2 Å². The van der Waals surface area contributed by atoms with Crippen LogP contribution < -0.4 is 10.9 Å². The molecule has 0 atom stereocenters. The van der Waals surface area contributed by atoms with Crippen LogP contribution in [0.4, 0.5) is 4.39 Å². The molecule has 2 aliphatic rings. The molecule has 40 heavy (non-hydrogen) atoms. The summed E-state index contributed by atoms with van der Waals surface area (Å²) in [6.45, 7) is 3.87. The van der Waals surface area contributed by atoms with E-state index in [0.29, 0.717) is 28.0 Å². The molecule has 0 saturated carbocycles. The Kier molecular flexibility index (Phi) is 6.58. The van der Waals surface area contributed by atoms with Gasteiger partial charge in [0.05, 0.1) is 31.3 Å². The number of likely N-dealkylation sites (tertiary alicyclic amines) is 2. The molecule has 0 aliphatic carbocycles. The van der Waals surface area contributed by atoms with Gasteiger partial charge in [-0.25, -0.2) is 14.4 Å². The predicted octanol–water partition coefficient (Wildman–Crippen LogP) is 2.64. The van der Waals surface area contributed by atoms with Crippen LogP contribution in [0.15, 0.2) is 41.3 Å². The fraction of sp³-hybridized carbons (Fsp3) is 0.393. The van der Waals surface area contributed by atoms with Crippen LogP contribution in [0.25, 0.3) is 22.1 Å². The lowest BCUT2D eigenvalue weighted by molar-refractivity contribution is -0.144. The van der Waals surface area contributed by atoms with Gasteiger partial charge in [0.1, 0.15) is 34.8 Å². The number of nitrogens with one attached hydrogen (secondary N) is 1. The number of hydrogen-bond acceptors (Lipinski definition) is 6. The molecule has 0 spiro atoms. The number of nitrogens with zero attached hydrogens (tertiary/aromatic N) is 6. The van der Waals surface area contributed by atoms with Gasteiger partial charge in [-0.3, -0.25) is 23.9 Å². The number of aryl methyl sites for hydroxylation is 1. The molecule has 2 fully saturated rings. The Hall–Kier alpha value is -3.83. The van der Waals surface area contributed by atoms with Gasteiger partial charge in [0.2, 0.25) is 5.91 Å². The number of amides is 2. The lowest BCUT2D eigenvalue weighted by Gasteiger charge is -2.42. The lowest BCUT2D eigenvalue weighted by atomic mass is 9.99. The molecule has 3 aromatic heterocycles. The molecule has 12 heteroatoms. The molecule has 0 bridgehead atoms. The highest BCUT2D eigenvalue weighted by Crippen LogP contribution is 2.27. The van der Waals surface area contributed by atoms with E-state index in [2.05, 4.69) is 15.2 Å². The summed E-state index contributed by atoms with van der Waals surface area (Å²) in [5, 5.41) is 3.91. The number of halogens is 2. The summed E-state index contributed by atoms with van der Waals surface area (Å²) in [5.74, 6) is -0.152. The minimum Gasteiger partial charge on any atom is -0.348 e. The van der Waals surface area contributed by atoms with Crippen LogP contribution >= 0.6 is 11.6 Å². The van der Waals surface area contributed by atoms with Gasteiger partial charge in [-0.2, -0.15) is 0 Å². The number of rotatable bonds is 7. The molecular formula is C28H29ClFN7O3. The van der Waals surface area contributed by atoms with Crippen molar-refractivity contribution in [3.05, 3.63) is 68.9 Å². The zero-order valence-electron chi connectivity index (χ0n) is 22.3. The Bertz CT molecular complexity index is 1700. The van der Waals surface area contributed by atoms with Crippen LogP contribution in [0.1, 0.15) is 35.1 Å². The van der Waals surface area contributed by atoms with E-state index in [4.69, 9.17) is 16.6 Å². The third-order valence-electron chi connectivity index (χ3n) is 7.65. The Morgan fingerprint density at radius 1 is 1.18 bits per heavy atom. The van der Waals surface area contributed by atoms with E-state index < -0.39 is 23.0 Å². The number of carbonyl (C=O) groups excluding carboxylic acids is 2. The summed E-state index contributed by atoms with van der Waals surface area (Å²) >= 11 is 5.96. The topological polar surface area (TPSA) is 105 Å². The van der Waals surface area contributed by atoms with Gasteiger partial charge in [0, 0.05) is 24.0 Å². The number of fused-ring (bicyclic) bond motifs is 3. The van der Waals surface area contributed by atoms with E-state index in [1.54, 1.807) is 30.5 Å². The summed E-state index contributed by atoms with van der Waals surface area (Å²) in [6.07, 6.45) is 2.74. The van der Waals surface area contributed by atoms with Gasteiger partial charge >= 0.3 is 0 Å². The first kappa shape index (κ1) is 26.4. The molecule has 6 rings (SSSR count). The lowest BCUT2D eigenvalue weighted by Crippen LogP contribution is -2.60. The molecule has 5 heterocycles. The van der Waals surface area contributed by atoms with Crippen LogP contribution in [0.3, 0.4) is 0 Å². The Morgan fingerprint density at radius 2 is 1.90 bits per heavy atom. The number of alkyl halides is 1. The van der Waals surface area contributed by atoms with Crippen LogP contribution in [-0.4, -0.2) is 72.6 Å². The van der Waals surface area contributed by atoms with Gasteiger partial charge in [-0.1, -0.05) is 23.7 Å². The maximum atomic E-state index is 14.1. The average Bonchev–Trinajstić information content (AvgIpc) is 3.20. The number of aromatic nitrogens is 4. The minimum atomic E-state index is -1.45. The van der Waals surface area contributed by atoms with Crippen molar-refractivity contribution in [1.82, 2.24) is 34.2 Å². The number of carbonyl (C=O) groups is 2. The van der Waals surface area contributed by atoms with Crippen molar-refractivity contribution in [2.75, 3.05) is 26.2 Å². The highest BCUT2D eigenvalue weighted by molar-refractivity contribution is 6.30. The second kappa shape index (κ2) is 9.97. The molecule has 0 radical (unpaired) electrons. The van der Waals surface area contributed by atoms with Crippen LogP contribution in [-0.2, 0) is 31.5 Å². The summed E-state index contributed by atoms with van der Waals surface area (Å²) in [4.78, 5) is 53.0. The second-order valence-corrected chi connectivity index (χ2v) is 11.3. The number of hydrogen-bond donors (Lipinski definition) is 1. The maximum Gasteiger partial charge on any atom is 0.265 e. The van der Waals surface area contributed by atoms with Crippen molar-refractivity contribution in [2.24, 2.45) is 7.05 Å². The summed E-state index contributed by atoms with van der Waals surface area (Å²) in [6, 6.07) is 8.54. The Morgan fingerprint density at radius 3 is 2.55 bits per heavy atom. The molecule has 2 amide bonds. The van der Waals surface area contributed by atoms with Crippen LogP contribution in [0, 0.1) is 0 Å². The maximum absolute atomic E-state index is 14.1. The normalized spacial score (nSPS) is 16.6. The van der Waals surface area contributed by atoms with E-state index in [1.807, 2.05) is 11.6 Å². The summed E-state index contributed by atoms with van der Waals surface area (Å²) in [5.41, 5.74) is 0.215. The van der Waals surface area contributed by atoms with Crippen molar-refractivity contribution in [3.8, 4) is 0 Å². The molecule has 0 unspecified atom stereocenters. The quantitative estimate of drug-likeness (QED) is 0.369. The number of pyridine rings is 2. The van der Waals surface area contributed by atoms with E-state index in [9.17, 15) is 18.8 Å². The smallest absolute Gasteiger partial charge is 0.265 e. The van der Waals surface area contributed by atoms with Crippen molar-refractivity contribution >= 4 is 45.5 Å². The van der Waals surface area contributed by atoms with Gasteiger partial charge in [0.15, 0.2) is 0 Å². The highest BCUT2D eigenvalue weighted by Gasteiger charge is 2.41. The van der Waals surface area contributed by atoms with E-state index in [-0.39, 0.29) is 37.4 Å². The van der Waals surface area contributed by atoms with Crippen molar-refractivity contribution in [1.29, 1.82) is 0 Å². The zero-order chi connectivity index (χ0) is 28.2. The molecule has 4 aromatic rings. The predicted molar refractivity (Wildman–Crippen MR) is 149 cm³/mol. The number of imidazole rings is 1. The van der Waals surface area contributed by atoms with Crippen molar-refractivity contribution < 1.29 is 14.0 Å². The van der Waals surface area contributed by atoms with E-state index >= 15 is 0 Å². The molecule has 10 nitrogen and oxygen atoms in total. The van der Waals surface area contributed by atoms with E-state index in [0.717, 1.165) is 30.9 Å². The third kappa shape index (κ3) is 4.84. The zero-order valence-corrected chi connectivity index (χ0v) is 23.0. The van der Waals surface area contributed by atoms with Crippen LogP contribution in [0.5, 0.6) is 0 Å². The van der Waals surface area contributed by atoms with Crippen molar-refractivity contribution in [2.45, 2.75) is 38.6 Å². The first-order valence-electron chi connectivity index (χ1n) is 13.2. The molecule has 1 N–H and O–H groups in total. The van der Waals surface area contributed by atoms with E-state index in [1.165, 1.54) is 22.5 Å². The highest BCUT2D eigenvalue weighted by atomic mass is 35.5. The second-order valence-electron chi connectivity index (χ2n) is 10.9. The summed E-state index contributed by atoms with van der Waals surface area (Å²) < 4.78 is 17.3. The van der Waals surface area contributed by atoms with Gasteiger partial charge in [-0.15, -0.1) is 0 Å². The SMILES string of the molecule is Cn1c(CN2CCC2)nc2cnc3c(cc(C(=O)NCc4ccc(Cl)cc4)c(=O)n3CC(=O)N3CC(C)(F)C3)c21. The molecule has 1 aromatic carbocycles. The Balaban J connectivity index is 1.42. The largest absolute Gasteiger partial charge is 0.348 e. The first-order valence-corrected chi connectivity index (χ1v) is 13.6. The van der Waals surface area contributed by atoms with Gasteiger partial charge < -0.3 is 14.8 Å². The minimum absolute atomic E-state index is 0.0426. The van der Waals surface area contributed by atoms with Crippen LogP contribution in [0.2, 0.25) is 5.02 Å². The third-order valence-corrected chi connectivity index (χ3v) is 7.90. The fourth-order valence-corrected chi connectivity index (χ4v) is 5.43. The number of benzene rings is 1. The molecule has 2 saturated heterocycles. The average molecular weight is 566 g/mol. The monoisotopic (exact) mass is 565 g/mol. The molecule has 2 aliphatic heterocycles. The molecule has 208 valence electrons. The van der Waals surface area contributed by atoms with Gasteiger partial charge in [0.25, 0.3) is 11.5 Å². The molecular weight excluding hydrogens is 537 g/mol. The standard InChI is InChI=1S/C28H29ClFN7O3/c1-28(30)15-36(16-28)23(38)14-37-25-19(24-21(12-31-25)33-22(34(24)2)13-35-8-3-9-35)10-20(27(37)40)26(39)32-11-17-4-6-18(29)7-5-17/h4-7,10,12H,3,8-9,11,13-16H2,1-2H3,(H,32,39). The Labute approximate surface area is 234 Å². The summed E-state index contributed by atoms with van der Waals surface area (Å²) in [7, 11) is 1.90. The fourth-order valence-electron chi connectivity index (χ4n) is 5.30. The first-order chi connectivity index (χ1) is 19.1.